The van der Waals surface area contributed by atoms with Crippen molar-refractivity contribution >= 4 is 0 Å². The summed E-state index contributed by atoms with van der Waals surface area (Å²) >= 11 is 0. The smallest absolute Gasteiger partial charge is 0.0603 e. The highest BCUT2D eigenvalue weighted by molar-refractivity contribution is 4.76. The van der Waals surface area contributed by atoms with Gasteiger partial charge in [0.05, 0.1) is 12.2 Å². The summed E-state index contributed by atoms with van der Waals surface area (Å²) in [7, 11) is 0. The van der Waals surface area contributed by atoms with Crippen molar-refractivity contribution in [3.63, 3.8) is 0 Å². The predicted octanol–water partition coefficient (Wildman–Crippen LogP) is 9.41. The molecule has 0 aromatic carbocycles. The molecular weight excluding hydrogens is 390 g/mol. The van der Waals surface area contributed by atoms with Crippen LogP contribution in [0.5, 0.6) is 0 Å². The number of hydrogen-bond donors (Lipinski definition) is 0. The molecule has 1 fully saturated rings. The third-order valence-electron chi connectivity index (χ3n) is 7.77. The van der Waals surface area contributed by atoms with E-state index in [2.05, 4.69) is 39.5 Å². The monoisotopic (exact) mass is 451 g/mol. The van der Waals surface area contributed by atoms with E-state index < -0.39 is 0 Å². The molecule has 0 aliphatic carbocycles. The third-order valence-corrected chi connectivity index (χ3v) is 7.77. The van der Waals surface area contributed by atoms with Gasteiger partial charge >= 0.3 is 0 Å². The van der Waals surface area contributed by atoms with Gasteiger partial charge in [0.25, 0.3) is 0 Å². The number of ether oxygens (including phenoxy) is 1. The molecule has 0 aromatic heterocycles. The second-order valence-electron chi connectivity index (χ2n) is 11.2. The minimum absolute atomic E-state index is 0.435. The molecule has 2 unspecified atom stereocenters. The van der Waals surface area contributed by atoms with Gasteiger partial charge in [-0.15, -0.1) is 0 Å². The van der Waals surface area contributed by atoms with Crippen LogP contribution in [0.2, 0.25) is 0 Å². The molecule has 1 heterocycles. The molecule has 0 N–H and O–H groups in total. The highest BCUT2D eigenvalue weighted by Crippen LogP contribution is 2.24. The lowest BCUT2D eigenvalue weighted by Crippen LogP contribution is -2.40. The Kier molecular flexibility index (Phi) is 19.0. The summed E-state index contributed by atoms with van der Waals surface area (Å²) in [6.07, 6.45) is 25.8. The van der Waals surface area contributed by atoms with E-state index in [1.807, 2.05) is 0 Å². The lowest BCUT2D eigenvalue weighted by atomic mass is 9.93. The zero-order valence-corrected chi connectivity index (χ0v) is 23.0. The van der Waals surface area contributed by atoms with E-state index in [1.54, 1.807) is 0 Å². The SMILES string of the molecule is CCCCCCCC(CCCC)CN1CCC(O[C@H](C)CCC(C)CCCCCC)CC1. The number of piperidine rings is 1. The van der Waals surface area contributed by atoms with Crippen molar-refractivity contribution in [3.05, 3.63) is 0 Å². The number of hydrogen-bond acceptors (Lipinski definition) is 2. The molecule has 0 spiro atoms. The molecule has 32 heavy (non-hydrogen) atoms. The van der Waals surface area contributed by atoms with E-state index in [-0.39, 0.29) is 0 Å². The van der Waals surface area contributed by atoms with E-state index in [9.17, 15) is 0 Å². The van der Waals surface area contributed by atoms with Crippen LogP contribution in [0, 0.1) is 11.8 Å². The number of rotatable bonds is 21. The highest BCUT2D eigenvalue weighted by Gasteiger charge is 2.23. The maximum atomic E-state index is 6.48. The van der Waals surface area contributed by atoms with Gasteiger partial charge in [-0.05, 0) is 57.3 Å². The molecular formula is C30H61NO. The largest absolute Gasteiger partial charge is 0.375 e. The average molecular weight is 452 g/mol. The van der Waals surface area contributed by atoms with Crippen LogP contribution in [0.25, 0.3) is 0 Å². The maximum absolute atomic E-state index is 6.48. The zero-order valence-electron chi connectivity index (χ0n) is 23.0. The lowest BCUT2D eigenvalue weighted by molar-refractivity contribution is -0.0412. The topological polar surface area (TPSA) is 12.5 Å². The Morgan fingerprint density at radius 1 is 0.656 bits per heavy atom. The van der Waals surface area contributed by atoms with E-state index in [1.165, 1.54) is 135 Å². The van der Waals surface area contributed by atoms with Crippen molar-refractivity contribution in [2.75, 3.05) is 19.6 Å². The molecule has 3 atom stereocenters. The highest BCUT2D eigenvalue weighted by atomic mass is 16.5. The van der Waals surface area contributed by atoms with Crippen LogP contribution in [0.15, 0.2) is 0 Å². The van der Waals surface area contributed by atoms with Gasteiger partial charge in [-0.2, -0.15) is 0 Å². The molecule has 1 aliphatic rings. The van der Waals surface area contributed by atoms with Crippen LogP contribution >= 0.6 is 0 Å². The van der Waals surface area contributed by atoms with Gasteiger partial charge in [0.1, 0.15) is 0 Å². The van der Waals surface area contributed by atoms with E-state index >= 15 is 0 Å². The summed E-state index contributed by atoms with van der Waals surface area (Å²) in [4.78, 5) is 2.76. The van der Waals surface area contributed by atoms with Crippen LogP contribution in [-0.2, 0) is 4.74 Å². The minimum atomic E-state index is 0.435. The molecule has 192 valence electrons. The van der Waals surface area contributed by atoms with Crippen molar-refractivity contribution < 1.29 is 4.74 Å². The minimum Gasteiger partial charge on any atom is -0.375 e. The van der Waals surface area contributed by atoms with Crippen LogP contribution in [0.4, 0.5) is 0 Å². The number of nitrogens with zero attached hydrogens (tertiary/aromatic N) is 1. The van der Waals surface area contributed by atoms with Gasteiger partial charge in [0, 0.05) is 19.6 Å². The normalized spacial score (nSPS) is 18.7. The van der Waals surface area contributed by atoms with Crippen LogP contribution in [-0.4, -0.2) is 36.7 Å². The first kappa shape index (κ1) is 30.0. The van der Waals surface area contributed by atoms with Gasteiger partial charge in [0.2, 0.25) is 0 Å². The molecule has 1 aliphatic heterocycles. The number of unbranched alkanes of at least 4 members (excludes halogenated alkanes) is 8. The van der Waals surface area contributed by atoms with Crippen molar-refractivity contribution in [2.24, 2.45) is 11.8 Å². The van der Waals surface area contributed by atoms with E-state index in [0.717, 1.165) is 11.8 Å². The standard InChI is InChI=1S/C30H61NO/c1-6-9-12-14-16-19-29(18-11-8-3)26-31-24-22-30(23-25-31)32-28(5)21-20-27(4)17-15-13-10-7-2/h27-30H,6-26H2,1-5H3/t27?,28-,29?/m1/s1. The molecule has 2 nitrogen and oxygen atoms in total. The van der Waals surface area contributed by atoms with E-state index in [4.69, 9.17) is 4.74 Å². The summed E-state index contributed by atoms with van der Waals surface area (Å²) in [6.45, 7) is 15.6. The summed E-state index contributed by atoms with van der Waals surface area (Å²) in [6, 6.07) is 0. The Labute approximate surface area is 203 Å². The first-order valence-corrected chi connectivity index (χ1v) is 15.0. The maximum Gasteiger partial charge on any atom is 0.0603 e. The van der Waals surface area contributed by atoms with Crippen LogP contribution < -0.4 is 0 Å². The zero-order chi connectivity index (χ0) is 23.4. The summed E-state index contributed by atoms with van der Waals surface area (Å²) < 4.78 is 6.48. The Hall–Kier alpha value is -0.0800. The summed E-state index contributed by atoms with van der Waals surface area (Å²) in [5, 5.41) is 0. The fourth-order valence-corrected chi connectivity index (χ4v) is 5.43. The molecule has 0 bridgehead atoms. The molecule has 0 saturated carbocycles. The second kappa shape index (κ2) is 20.3. The number of likely N-dealkylation sites (tertiary alicyclic amines) is 1. The molecule has 1 rings (SSSR count). The molecule has 0 aromatic rings. The van der Waals surface area contributed by atoms with Gasteiger partial charge < -0.3 is 9.64 Å². The van der Waals surface area contributed by atoms with Crippen molar-refractivity contribution in [1.29, 1.82) is 0 Å². The Morgan fingerprint density at radius 3 is 1.88 bits per heavy atom. The quantitative estimate of drug-likeness (QED) is 0.161. The molecule has 2 heteroatoms. The Bertz CT molecular complexity index is 390. The van der Waals surface area contributed by atoms with Crippen LogP contribution in [0.3, 0.4) is 0 Å². The average Bonchev–Trinajstić information content (AvgIpc) is 2.80. The Balaban J connectivity index is 2.20. The summed E-state index contributed by atoms with van der Waals surface area (Å²) in [5.41, 5.74) is 0. The Morgan fingerprint density at radius 2 is 1.22 bits per heavy atom. The lowest BCUT2D eigenvalue weighted by Gasteiger charge is -2.35. The van der Waals surface area contributed by atoms with Gasteiger partial charge in [0.15, 0.2) is 0 Å². The molecule has 1 saturated heterocycles. The van der Waals surface area contributed by atoms with Crippen molar-refractivity contribution in [3.8, 4) is 0 Å². The predicted molar refractivity (Wildman–Crippen MR) is 144 cm³/mol. The van der Waals surface area contributed by atoms with Crippen molar-refractivity contribution in [2.45, 2.75) is 162 Å². The molecule has 0 radical (unpaired) electrons. The van der Waals surface area contributed by atoms with Gasteiger partial charge in [-0.25, -0.2) is 0 Å². The van der Waals surface area contributed by atoms with Crippen LogP contribution in [0.1, 0.15) is 150 Å². The second-order valence-corrected chi connectivity index (χ2v) is 11.2. The first-order valence-electron chi connectivity index (χ1n) is 15.0. The first-order chi connectivity index (χ1) is 15.6. The molecule has 0 amide bonds. The summed E-state index contributed by atoms with van der Waals surface area (Å²) in [5.74, 6) is 1.79. The van der Waals surface area contributed by atoms with Crippen molar-refractivity contribution in [1.82, 2.24) is 4.90 Å². The fraction of sp³-hybridized carbons (Fsp3) is 1.00. The van der Waals surface area contributed by atoms with E-state index in [0.29, 0.717) is 12.2 Å². The fourth-order valence-electron chi connectivity index (χ4n) is 5.43. The third kappa shape index (κ3) is 15.7. The van der Waals surface area contributed by atoms with Gasteiger partial charge in [-0.1, -0.05) is 105 Å². The van der Waals surface area contributed by atoms with Gasteiger partial charge in [-0.3, -0.25) is 0 Å².